The Morgan fingerprint density at radius 2 is 2.07 bits per heavy atom. The van der Waals surface area contributed by atoms with E-state index in [0.717, 1.165) is 12.3 Å². The van der Waals surface area contributed by atoms with Gasteiger partial charge in [0.05, 0.1) is 5.75 Å². The van der Waals surface area contributed by atoms with Crippen LogP contribution in [0.2, 0.25) is 0 Å². The van der Waals surface area contributed by atoms with E-state index in [2.05, 4.69) is 17.0 Å². The van der Waals surface area contributed by atoms with Crippen LogP contribution < -0.4 is 10.0 Å². The van der Waals surface area contributed by atoms with Crippen molar-refractivity contribution in [1.29, 1.82) is 0 Å². The topological polar surface area (TPSA) is 58.2 Å². The van der Waals surface area contributed by atoms with Gasteiger partial charge in [-0.15, -0.1) is 0 Å². The lowest BCUT2D eigenvalue weighted by molar-refractivity contribution is 0.461. The highest BCUT2D eigenvalue weighted by atomic mass is 32.2. The summed E-state index contributed by atoms with van der Waals surface area (Å²) >= 11 is 0. The SMILES string of the molecule is CCC(NCCS(=O)(=O)NC)C1CC1. The lowest BCUT2D eigenvalue weighted by atomic mass is 10.1. The van der Waals surface area contributed by atoms with Crippen molar-refractivity contribution in [3.8, 4) is 0 Å². The number of hydrogen-bond donors (Lipinski definition) is 2. The Labute approximate surface area is 86.5 Å². The Bertz CT molecular complexity index is 260. The van der Waals surface area contributed by atoms with Gasteiger partial charge in [0.15, 0.2) is 0 Å². The summed E-state index contributed by atoms with van der Waals surface area (Å²) in [4.78, 5) is 0. The standard InChI is InChI=1S/C9H20N2O2S/c1-3-9(8-4-5-8)11-6-7-14(12,13)10-2/h8-11H,3-7H2,1-2H3. The number of nitrogens with one attached hydrogen (secondary N) is 2. The molecule has 84 valence electrons. The molecule has 1 unspecified atom stereocenters. The highest BCUT2D eigenvalue weighted by Gasteiger charge is 2.29. The quantitative estimate of drug-likeness (QED) is 0.649. The van der Waals surface area contributed by atoms with E-state index in [4.69, 9.17) is 0 Å². The van der Waals surface area contributed by atoms with Crippen molar-refractivity contribution in [2.45, 2.75) is 32.2 Å². The highest BCUT2D eigenvalue weighted by Crippen LogP contribution is 2.33. The van der Waals surface area contributed by atoms with E-state index < -0.39 is 10.0 Å². The van der Waals surface area contributed by atoms with Gasteiger partial charge in [-0.25, -0.2) is 13.1 Å². The third-order valence-corrected chi connectivity index (χ3v) is 4.08. The highest BCUT2D eigenvalue weighted by molar-refractivity contribution is 7.89. The lowest BCUT2D eigenvalue weighted by Gasteiger charge is -2.15. The molecule has 0 amide bonds. The summed E-state index contributed by atoms with van der Waals surface area (Å²) in [6, 6.07) is 0.516. The monoisotopic (exact) mass is 220 g/mol. The minimum atomic E-state index is -3.04. The third-order valence-electron chi connectivity index (χ3n) is 2.72. The second kappa shape index (κ2) is 5.09. The zero-order valence-corrected chi connectivity index (χ0v) is 9.73. The molecule has 4 nitrogen and oxygen atoms in total. The first-order chi connectivity index (χ1) is 6.59. The summed E-state index contributed by atoms with van der Waals surface area (Å²) < 4.78 is 24.5. The van der Waals surface area contributed by atoms with Gasteiger partial charge in [0, 0.05) is 12.6 Å². The number of rotatable bonds is 7. The molecule has 0 aliphatic heterocycles. The van der Waals surface area contributed by atoms with Crippen LogP contribution in [0.5, 0.6) is 0 Å². The summed E-state index contributed by atoms with van der Waals surface area (Å²) in [5.74, 6) is 0.962. The third kappa shape index (κ3) is 3.94. The van der Waals surface area contributed by atoms with Crippen molar-refractivity contribution in [2.75, 3.05) is 19.3 Å². The molecule has 0 radical (unpaired) electrons. The normalized spacial score (nSPS) is 19.6. The van der Waals surface area contributed by atoms with E-state index in [1.807, 2.05) is 0 Å². The molecule has 1 rings (SSSR count). The van der Waals surface area contributed by atoms with Crippen molar-refractivity contribution >= 4 is 10.0 Å². The van der Waals surface area contributed by atoms with Gasteiger partial charge in [0.1, 0.15) is 0 Å². The second-order valence-corrected chi connectivity index (χ2v) is 5.88. The van der Waals surface area contributed by atoms with E-state index in [-0.39, 0.29) is 5.75 Å². The van der Waals surface area contributed by atoms with Gasteiger partial charge in [0.25, 0.3) is 0 Å². The largest absolute Gasteiger partial charge is 0.313 e. The summed E-state index contributed by atoms with van der Waals surface area (Å²) in [6.45, 7) is 2.70. The van der Waals surface area contributed by atoms with Crippen molar-refractivity contribution in [2.24, 2.45) is 5.92 Å². The molecule has 0 bridgehead atoms. The van der Waals surface area contributed by atoms with Gasteiger partial charge in [-0.1, -0.05) is 6.92 Å². The van der Waals surface area contributed by atoms with Crippen LogP contribution in [-0.4, -0.2) is 33.8 Å². The van der Waals surface area contributed by atoms with Crippen LogP contribution >= 0.6 is 0 Å². The molecule has 14 heavy (non-hydrogen) atoms. The fourth-order valence-electron chi connectivity index (χ4n) is 1.62. The van der Waals surface area contributed by atoms with E-state index in [0.29, 0.717) is 12.6 Å². The molecule has 1 aliphatic carbocycles. The zero-order chi connectivity index (χ0) is 10.6. The van der Waals surface area contributed by atoms with Crippen LogP contribution in [0.25, 0.3) is 0 Å². The van der Waals surface area contributed by atoms with Crippen molar-refractivity contribution in [3.05, 3.63) is 0 Å². The predicted octanol–water partition coefficient (Wildman–Crippen LogP) is 0.314. The second-order valence-electron chi connectivity index (χ2n) is 3.83. The Balaban J connectivity index is 2.19. The van der Waals surface area contributed by atoms with Gasteiger partial charge in [-0.3, -0.25) is 0 Å². The maximum Gasteiger partial charge on any atom is 0.212 e. The maximum atomic E-state index is 11.1. The van der Waals surface area contributed by atoms with E-state index in [1.165, 1.54) is 19.9 Å². The number of hydrogen-bond acceptors (Lipinski definition) is 3. The molecule has 5 heteroatoms. The first-order valence-electron chi connectivity index (χ1n) is 5.23. The van der Waals surface area contributed by atoms with Crippen LogP contribution in [0.4, 0.5) is 0 Å². The minimum Gasteiger partial charge on any atom is -0.313 e. The average Bonchev–Trinajstić information content (AvgIpc) is 2.96. The van der Waals surface area contributed by atoms with Gasteiger partial charge >= 0.3 is 0 Å². The molecular weight excluding hydrogens is 200 g/mol. The first-order valence-corrected chi connectivity index (χ1v) is 6.89. The molecule has 0 aromatic carbocycles. The van der Waals surface area contributed by atoms with Gasteiger partial charge in [0.2, 0.25) is 10.0 Å². The van der Waals surface area contributed by atoms with E-state index in [1.54, 1.807) is 0 Å². The average molecular weight is 220 g/mol. The summed E-state index contributed by atoms with van der Waals surface area (Å²) in [6.07, 6.45) is 3.68. The Kier molecular flexibility index (Phi) is 4.34. The fourth-order valence-corrected chi connectivity index (χ4v) is 2.21. The van der Waals surface area contributed by atoms with Crippen LogP contribution in [0.3, 0.4) is 0 Å². The van der Waals surface area contributed by atoms with Crippen molar-refractivity contribution in [1.82, 2.24) is 10.0 Å². The Hall–Kier alpha value is -0.130. The molecule has 0 aromatic heterocycles. The van der Waals surface area contributed by atoms with Crippen LogP contribution in [0.15, 0.2) is 0 Å². The van der Waals surface area contributed by atoms with Crippen LogP contribution in [-0.2, 0) is 10.0 Å². The molecule has 0 spiro atoms. The van der Waals surface area contributed by atoms with E-state index in [9.17, 15) is 8.42 Å². The van der Waals surface area contributed by atoms with Gasteiger partial charge in [-0.2, -0.15) is 0 Å². The summed E-state index contributed by atoms with van der Waals surface area (Å²) in [5, 5.41) is 3.30. The van der Waals surface area contributed by atoms with Crippen LogP contribution in [0.1, 0.15) is 26.2 Å². The van der Waals surface area contributed by atoms with Gasteiger partial charge in [-0.05, 0) is 32.2 Å². The van der Waals surface area contributed by atoms with E-state index >= 15 is 0 Å². The Morgan fingerprint density at radius 1 is 1.43 bits per heavy atom. The molecule has 0 aromatic rings. The molecule has 2 N–H and O–H groups in total. The summed E-state index contributed by atoms with van der Waals surface area (Å²) in [7, 11) is -1.59. The summed E-state index contributed by atoms with van der Waals surface area (Å²) in [5.41, 5.74) is 0. The zero-order valence-electron chi connectivity index (χ0n) is 8.91. The van der Waals surface area contributed by atoms with Crippen LogP contribution in [0, 0.1) is 5.92 Å². The molecule has 1 atom stereocenters. The van der Waals surface area contributed by atoms with Gasteiger partial charge < -0.3 is 5.32 Å². The molecule has 1 saturated carbocycles. The predicted molar refractivity (Wildman–Crippen MR) is 57.7 cm³/mol. The molecule has 0 saturated heterocycles. The smallest absolute Gasteiger partial charge is 0.212 e. The van der Waals surface area contributed by atoms with Crippen molar-refractivity contribution in [3.63, 3.8) is 0 Å². The molecular formula is C9H20N2O2S. The molecule has 1 aliphatic rings. The molecule has 1 fully saturated rings. The van der Waals surface area contributed by atoms with Crippen molar-refractivity contribution < 1.29 is 8.42 Å². The number of sulfonamides is 1. The minimum absolute atomic E-state index is 0.173. The maximum absolute atomic E-state index is 11.1. The lowest BCUT2D eigenvalue weighted by Crippen LogP contribution is -2.36. The molecule has 0 heterocycles. The fraction of sp³-hybridized carbons (Fsp3) is 1.00. The Morgan fingerprint density at radius 3 is 2.50 bits per heavy atom. The first kappa shape index (κ1) is 11.9.